The summed E-state index contributed by atoms with van der Waals surface area (Å²) in [5, 5.41) is 14.3. The molecule has 1 atom stereocenters. The number of nitro groups is 1. The average Bonchev–Trinajstić information content (AvgIpc) is 2.68. The van der Waals surface area contributed by atoms with Crippen molar-refractivity contribution in [1.29, 1.82) is 0 Å². The molecule has 9 heteroatoms. The highest BCUT2D eigenvalue weighted by molar-refractivity contribution is 5.91. The van der Waals surface area contributed by atoms with Crippen LogP contribution in [-0.4, -0.2) is 49.6 Å². The molecule has 2 aliphatic heterocycles. The summed E-state index contributed by atoms with van der Waals surface area (Å²) >= 11 is 0. The minimum Gasteiger partial charge on any atom is -0.368 e. The van der Waals surface area contributed by atoms with E-state index in [0.29, 0.717) is 25.3 Å². The largest absolute Gasteiger partial charge is 0.368 e. The SMILES string of the molecule is O=C(C1CNCCO1)C(F)(F)c1ccc(N2CCCCC2)c([N+](=O)[O-])c1. The van der Waals surface area contributed by atoms with Crippen molar-refractivity contribution in [2.45, 2.75) is 31.3 Å². The van der Waals surface area contributed by atoms with E-state index in [0.717, 1.165) is 31.4 Å². The number of Topliss-reactive ketones (excluding diaryl/α,β-unsaturated/α-hetero) is 1. The number of piperidine rings is 1. The summed E-state index contributed by atoms with van der Waals surface area (Å²) in [7, 11) is 0. The summed E-state index contributed by atoms with van der Waals surface area (Å²) in [5.74, 6) is -5.24. The van der Waals surface area contributed by atoms with E-state index in [4.69, 9.17) is 4.74 Å². The normalized spacial score (nSPS) is 21.5. The molecule has 2 fully saturated rings. The van der Waals surface area contributed by atoms with Crippen LogP contribution in [0.5, 0.6) is 0 Å². The Bertz CT molecular complexity index is 687. The lowest BCUT2D eigenvalue weighted by Crippen LogP contribution is -2.48. The molecule has 1 aromatic carbocycles. The first kappa shape index (κ1) is 18.7. The number of benzene rings is 1. The Morgan fingerprint density at radius 1 is 1.31 bits per heavy atom. The Balaban J connectivity index is 1.90. The molecule has 1 unspecified atom stereocenters. The van der Waals surface area contributed by atoms with Crippen LogP contribution >= 0.6 is 0 Å². The van der Waals surface area contributed by atoms with Crippen molar-refractivity contribution in [2.75, 3.05) is 37.7 Å². The van der Waals surface area contributed by atoms with Crippen LogP contribution in [-0.2, 0) is 15.5 Å². The first-order valence-electron chi connectivity index (χ1n) is 8.69. The number of nitrogens with zero attached hydrogens (tertiary/aromatic N) is 2. The molecule has 0 aliphatic carbocycles. The number of ether oxygens (including phenoxy) is 1. The van der Waals surface area contributed by atoms with Crippen molar-refractivity contribution in [1.82, 2.24) is 5.32 Å². The molecule has 0 amide bonds. The maximum atomic E-state index is 14.7. The fourth-order valence-electron chi connectivity index (χ4n) is 3.35. The fraction of sp³-hybridized carbons (Fsp3) is 0.588. The molecule has 0 radical (unpaired) electrons. The molecule has 1 aromatic rings. The van der Waals surface area contributed by atoms with E-state index in [9.17, 15) is 23.7 Å². The number of hydrogen-bond donors (Lipinski definition) is 1. The molecule has 26 heavy (non-hydrogen) atoms. The van der Waals surface area contributed by atoms with Gasteiger partial charge in [0, 0.05) is 37.8 Å². The quantitative estimate of drug-likeness (QED) is 0.633. The van der Waals surface area contributed by atoms with Crippen LogP contribution in [0.2, 0.25) is 0 Å². The van der Waals surface area contributed by atoms with Gasteiger partial charge in [0.1, 0.15) is 11.8 Å². The molecule has 2 heterocycles. The van der Waals surface area contributed by atoms with Gasteiger partial charge in [0.25, 0.3) is 5.69 Å². The number of carbonyl (C=O) groups excluding carboxylic acids is 1. The topological polar surface area (TPSA) is 84.7 Å². The maximum Gasteiger partial charge on any atom is 0.333 e. The standard InChI is InChI=1S/C17H21F2N3O4/c18-17(19,16(23)15-11-20-6-9-26-15)12-4-5-13(14(10-12)22(24)25)21-7-2-1-3-8-21/h4-5,10,15,20H,1-3,6-9,11H2. The summed E-state index contributed by atoms with van der Waals surface area (Å²) < 4.78 is 34.4. The predicted octanol–water partition coefficient (Wildman–Crippen LogP) is 2.23. The van der Waals surface area contributed by atoms with Crippen molar-refractivity contribution in [3.63, 3.8) is 0 Å². The molecule has 0 saturated carbocycles. The number of halogens is 2. The molecule has 7 nitrogen and oxygen atoms in total. The van der Waals surface area contributed by atoms with E-state index in [2.05, 4.69) is 5.32 Å². The van der Waals surface area contributed by atoms with Crippen LogP contribution in [0, 0.1) is 10.1 Å². The van der Waals surface area contributed by atoms with Gasteiger partial charge in [0.2, 0.25) is 5.78 Å². The van der Waals surface area contributed by atoms with Crippen LogP contribution in [0.3, 0.4) is 0 Å². The number of nitro benzene ring substituents is 1. The summed E-state index contributed by atoms with van der Waals surface area (Å²) in [6.45, 7) is 1.96. The van der Waals surface area contributed by atoms with Crippen molar-refractivity contribution in [3.8, 4) is 0 Å². The van der Waals surface area contributed by atoms with Gasteiger partial charge in [0.05, 0.1) is 11.5 Å². The summed E-state index contributed by atoms with van der Waals surface area (Å²) in [6, 6.07) is 3.24. The first-order valence-corrected chi connectivity index (χ1v) is 8.69. The first-order chi connectivity index (χ1) is 12.4. The van der Waals surface area contributed by atoms with Gasteiger partial charge in [-0.25, -0.2) is 0 Å². The van der Waals surface area contributed by atoms with Crippen molar-refractivity contribution >= 4 is 17.2 Å². The lowest BCUT2D eigenvalue weighted by Gasteiger charge is -2.29. The summed E-state index contributed by atoms with van der Waals surface area (Å²) in [5.41, 5.74) is -0.763. The molecule has 0 spiro atoms. The third kappa shape index (κ3) is 3.68. The molecule has 0 aromatic heterocycles. The summed E-state index contributed by atoms with van der Waals surface area (Å²) in [6.07, 6.45) is 1.59. The van der Waals surface area contributed by atoms with Gasteiger partial charge in [-0.1, -0.05) is 0 Å². The third-order valence-electron chi connectivity index (χ3n) is 4.76. The Kier molecular flexibility index (Phi) is 5.47. The minimum atomic E-state index is -3.85. The highest BCUT2D eigenvalue weighted by Gasteiger charge is 2.46. The zero-order chi connectivity index (χ0) is 18.7. The highest BCUT2D eigenvalue weighted by atomic mass is 19.3. The second-order valence-corrected chi connectivity index (χ2v) is 6.51. The second kappa shape index (κ2) is 7.63. The lowest BCUT2D eigenvalue weighted by atomic mass is 9.98. The molecular formula is C17H21F2N3O4. The molecule has 142 valence electrons. The zero-order valence-corrected chi connectivity index (χ0v) is 14.2. The van der Waals surface area contributed by atoms with Crippen LogP contribution in [0.25, 0.3) is 0 Å². The molecular weight excluding hydrogens is 348 g/mol. The van der Waals surface area contributed by atoms with Gasteiger partial charge < -0.3 is 15.0 Å². The zero-order valence-electron chi connectivity index (χ0n) is 14.2. The number of ketones is 1. The second-order valence-electron chi connectivity index (χ2n) is 6.51. The minimum absolute atomic E-state index is 0.00236. The Morgan fingerprint density at radius 2 is 2.04 bits per heavy atom. The van der Waals surface area contributed by atoms with Gasteiger partial charge in [0.15, 0.2) is 0 Å². The van der Waals surface area contributed by atoms with Crippen LogP contribution in [0.4, 0.5) is 20.2 Å². The molecule has 1 N–H and O–H groups in total. The van der Waals surface area contributed by atoms with Crippen LogP contribution < -0.4 is 10.2 Å². The highest BCUT2D eigenvalue weighted by Crippen LogP contribution is 2.38. The number of anilines is 1. The van der Waals surface area contributed by atoms with Crippen LogP contribution in [0.1, 0.15) is 24.8 Å². The number of morpholine rings is 1. The van der Waals surface area contributed by atoms with Gasteiger partial charge in [-0.2, -0.15) is 8.78 Å². The molecule has 0 bridgehead atoms. The average molecular weight is 369 g/mol. The third-order valence-corrected chi connectivity index (χ3v) is 4.76. The molecule has 3 rings (SSSR count). The van der Waals surface area contributed by atoms with Gasteiger partial charge in [-0.05, 0) is 31.4 Å². The Labute approximate surface area is 149 Å². The smallest absolute Gasteiger partial charge is 0.333 e. The molecule has 2 aliphatic rings. The van der Waals surface area contributed by atoms with Gasteiger partial charge >= 0.3 is 5.92 Å². The number of alkyl halides is 2. The Hall–Kier alpha value is -2.13. The number of carbonyl (C=O) groups is 1. The van der Waals surface area contributed by atoms with Crippen molar-refractivity contribution in [2.24, 2.45) is 0 Å². The van der Waals surface area contributed by atoms with Gasteiger partial charge in [-0.3, -0.25) is 14.9 Å². The molecule has 2 saturated heterocycles. The lowest BCUT2D eigenvalue weighted by molar-refractivity contribution is -0.384. The van der Waals surface area contributed by atoms with E-state index in [1.165, 1.54) is 6.07 Å². The van der Waals surface area contributed by atoms with E-state index in [1.54, 1.807) is 0 Å². The fourth-order valence-corrected chi connectivity index (χ4v) is 3.35. The number of nitrogens with one attached hydrogen (secondary N) is 1. The van der Waals surface area contributed by atoms with E-state index in [1.807, 2.05) is 4.90 Å². The van der Waals surface area contributed by atoms with E-state index < -0.39 is 34.0 Å². The predicted molar refractivity (Wildman–Crippen MR) is 90.7 cm³/mol. The number of rotatable bonds is 5. The van der Waals surface area contributed by atoms with E-state index in [-0.39, 0.29) is 13.2 Å². The van der Waals surface area contributed by atoms with E-state index >= 15 is 0 Å². The Morgan fingerprint density at radius 3 is 2.65 bits per heavy atom. The van der Waals surface area contributed by atoms with Crippen LogP contribution in [0.15, 0.2) is 18.2 Å². The monoisotopic (exact) mass is 369 g/mol. The summed E-state index contributed by atoms with van der Waals surface area (Å²) in [4.78, 5) is 24.8. The van der Waals surface area contributed by atoms with Crippen molar-refractivity contribution < 1.29 is 23.2 Å². The van der Waals surface area contributed by atoms with Crippen molar-refractivity contribution in [3.05, 3.63) is 33.9 Å². The number of hydrogen-bond acceptors (Lipinski definition) is 6. The van der Waals surface area contributed by atoms with Gasteiger partial charge in [-0.15, -0.1) is 0 Å². The maximum absolute atomic E-state index is 14.7.